The number of carbonyl (C=O) groups excluding carboxylic acids is 1. The van der Waals surface area contributed by atoms with Crippen molar-refractivity contribution >= 4 is 12.0 Å². The second kappa shape index (κ2) is 8.84. The van der Waals surface area contributed by atoms with E-state index in [0.29, 0.717) is 28.7 Å². The molecule has 0 bridgehead atoms. The van der Waals surface area contributed by atoms with Crippen LogP contribution in [0.4, 0.5) is 13.2 Å². The van der Waals surface area contributed by atoms with E-state index in [9.17, 15) is 23.1 Å². The van der Waals surface area contributed by atoms with Gasteiger partial charge in [0.2, 0.25) is 0 Å². The average Bonchev–Trinajstić information content (AvgIpc) is 3.10. The summed E-state index contributed by atoms with van der Waals surface area (Å²) in [6.07, 6.45) is 4.01. The highest BCUT2D eigenvalue weighted by atomic mass is 19.4. The first kappa shape index (κ1) is 23.1. The minimum absolute atomic E-state index is 0.0830. The zero-order chi connectivity index (χ0) is 24.0. The standard InChI is InChI=1S/C27H28F3NO3/c1-15-25-22(23-13-21(32)9-6-17(23)12-24(25)26(33)34-15)10-8-20-7-5-18(14-31-20)16-3-2-4-19(11-16)27(28,29)30/h2-5,7-8,10-11,14-15,17,21-25,32H,6,9,12-13H2,1H3/b10-8+/t15-,17?,21?,22+,23?,24?,25?/m0/s1. The first-order chi connectivity index (χ1) is 16.2. The molecule has 0 spiro atoms. The van der Waals surface area contributed by atoms with Gasteiger partial charge in [0.05, 0.1) is 23.3 Å². The number of nitrogens with zero attached hydrogens (tertiary/aromatic N) is 1. The summed E-state index contributed by atoms with van der Waals surface area (Å²) in [6, 6.07) is 8.77. The molecule has 0 amide bonds. The molecule has 1 aliphatic heterocycles. The molecule has 5 unspecified atom stereocenters. The molecule has 180 valence electrons. The molecule has 1 aromatic carbocycles. The molecule has 4 nitrogen and oxygen atoms in total. The van der Waals surface area contributed by atoms with Gasteiger partial charge in [0, 0.05) is 17.7 Å². The number of fused-ring (bicyclic) bond motifs is 2. The Morgan fingerprint density at radius 3 is 2.68 bits per heavy atom. The van der Waals surface area contributed by atoms with Gasteiger partial charge in [-0.15, -0.1) is 0 Å². The SMILES string of the molecule is C[C@@H]1OC(=O)C2CC3CCC(O)CC3[C@@H](/C=C/c3ccc(-c4cccc(C(F)(F)F)c4)cn3)C21. The van der Waals surface area contributed by atoms with E-state index in [-0.39, 0.29) is 35.9 Å². The van der Waals surface area contributed by atoms with Crippen LogP contribution in [-0.2, 0) is 15.7 Å². The van der Waals surface area contributed by atoms with Crippen molar-refractivity contribution in [3.05, 3.63) is 59.9 Å². The Morgan fingerprint density at radius 2 is 1.94 bits per heavy atom. The fourth-order valence-electron chi connectivity index (χ4n) is 6.32. The number of hydrogen-bond donors (Lipinski definition) is 1. The van der Waals surface area contributed by atoms with E-state index in [1.807, 2.05) is 13.0 Å². The first-order valence-electron chi connectivity index (χ1n) is 11.9. The van der Waals surface area contributed by atoms with Crippen molar-refractivity contribution in [2.24, 2.45) is 29.6 Å². The third-order valence-corrected chi connectivity index (χ3v) is 7.93. The number of benzene rings is 1. The maximum absolute atomic E-state index is 13.0. The van der Waals surface area contributed by atoms with Crippen molar-refractivity contribution in [3.63, 3.8) is 0 Å². The lowest BCUT2D eigenvalue weighted by Gasteiger charge is -2.46. The van der Waals surface area contributed by atoms with Crippen molar-refractivity contribution in [1.29, 1.82) is 0 Å². The highest BCUT2D eigenvalue weighted by Gasteiger charge is 2.54. The minimum atomic E-state index is -4.39. The van der Waals surface area contributed by atoms with E-state index < -0.39 is 11.7 Å². The van der Waals surface area contributed by atoms with Gasteiger partial charge < -0.3 is 9.84 Å². The van der Waals surface area contributed by atoms with Crippen molar-refractivity contribution in [2.75, 3.05) is 0 Å². The third-order valence-electron chi connectivity index (χ3n) is 7.93. The Bertz CT molecular complexity index is 1080. The average molecular weight is 472 g/mol. The van der Waals surface area contributed by atoms with E-state index in [4.69, 9.17) is 4.74 Å². The Balaban J connectivity index is 1.38. The van der Waals surface area contributed by atoms with Crippen LogP contribution in [0.3, 0.4) is 0 Å². The number of rotatable bonds is 3. The van der Waals surface area contributed by atoms with Gasteiger partial charge in [-0.25, -0.2) is 0 Å². The fraction of sp³-hybridized carbons (Fsp3) is 0.481. The molecule has 0 radical (unpaired) electrons. The van der Waals surface area contributed by atoms with Gasteiger partial charge in [-0.1, -0.05) is 24.3 Å². The summed E-state index contributed by atoms with van der Waals surface area (Å²) in [5.74, 6) is 0.669. The molecule has 5 rings (SSSR count). The summed E-state index contributed by atoms with van der Waals surface area (Å²) in [7, 11) is 0. The number of aromatic nitrogens is 1. The minimum Gasteiger partial charge on any atom is -0.462 e. The number of carbonyl (C=O) groups is 1. The lowest BCUT2D eigenvalue weighted by molar-refractivity contribution is -0.144. The summed E-state index contributed by atoms with van der Waals surface area (Å²) < 4.78 is 44.7. The number of alkyl halides is 3. The Kier molecular flexibility index (Phi) is 6.00. The Labute approximate surface area is 196 Å². The number of aliphatic hydroxyl groups excluding tert-OH is 1. The quantitative estimate of drug-likeness (QED) is 0.579. The van der Waals surface area contributed by atoms with Crippen LogP contribution in [0.2, 0.25) is 0 Å². The zero-order valence-electron chi connectivity index (χ0n) is 18.9. The van der Waals surface area contributed by atoms with Crippen LogP contribution in [0, 0.1) is 29.6 Å². The van der Waals surface area contributed by atoms with E-state index in [1.54, 1.807) is 24.4 Å². The third kappa shape index (κ3) is 4.38. The normalized spacial score (nSPS) is 33.4. The van der Waals surface area contributed by atoms with E-state index in [2.05, 4.69) is 11.1 Å². The number of hydrogen-bond acceptors (Lipinski definition) is 4. The second-order valence-electron chi connectivity index (χ2n) is 9.94. The summed E-state index contributed by atoms with van der Waals surface area (Å²) >= 11 is 0. The fourth-order valence-corrected chi connectivity index (χ4v) is 6.32. The lowest BCUT2D eigenvalue weighted by Crippen LogP contribution is -2.45. The van der Waals surface area contributed by atoms with Gasteiger partial charge >= 0.3 is 12.1 Å². The number of aliphatic hydroxyl groups is 1. The molecular weight excluding hydrogens is 443 g/mol. The summed E-state index contributed by atoms with van der Waals surface area (Å²) in [5, 5.41) is 10.3. The molecule has 2 aliphatic carbocycles. The van der Waals surface area contributed by atoms with Crippen LogP contribution >= 0.6 is 0 Å². The number of ether oxygens (including phenoxy) is 1. The van der Waals surface area contributed by atoms with Crippen molar-refractivity contribution in [3.8, 4) is 11.1 Å². The van der Waals surface area contributed by atoms with Gasteiger partial charge in [-0.05, 0) is 80.2 Å². The molecule has 2 heterocycles. The monoisotopic (exact) mass is 471 g/mol. The van der Waals surface area contributed by atoms with Crippen LogP contribution in [0.15, 0.2) is 48.7 Å². The number of esters is 1. The Hall–Kier alpha value is -2.67. The molecule has 1 aromatic heterocycles. The predicted molar refractivity (Wildman–Crippen MR) is 121 cm³/mol. The van der Waals surface area contributed by atoms with Crippen LogP contribution in [-0.4, -0.2) is 28.3 Å². The lowest BCUT2D eigenvalue weighted by atomic mass is 9.57. The molecular formula is C27H28F3NO3. The zero-order valence-corrected chi connectivity index (χ0v) is 18.9. The number of halogens is 3. The van der Waals surface area contributed by atoms with E-state index >= 15 is 0 Å². The molecule has 3 fully saturated rings. The molecule has 34 heavy (non-hydrogen) atoms. The largest absolute Gasteiger partial charge is 0.462 e. The van der Waals surface area contributed by atoms with Crippen molar-refractivity contribution < 1.29 is 27.8 Å². The molecule has 7 atom stereocenters. The van der Waals surface area contributed by atoms with Crippen molar-refractivity contribution in [1.82, 2.24) is 4.98 Å². The predicted octanol–water partition coefficient (Wildman–Crippen LogP) is 5.76. The smallest absolute Gasteiger partial charge is 0.416 e. The van der Waals surface area contributed by atoms with Gasteiger partial charge in [-0.2, -0.15) is 13.2 Å². The van der Waals surface area contributed by atoms with E-state index in [0.717, 1.165) is 37.8 Å². The summed E-state index contributed by atoms with van der Waals surface area (Å²) in [5.41, 5.74) is 1.08. The summed E-state index contributed by atoms with van der Waals surface area (Å²) in [6.45, 7) is 1.95. The summed E-state index contributed by atoms with van der Waals surface area (Å²) in [4.78, 5) is 16.9. The van der Waals surface area contributed by atoms with Gasteiger partial charge in [0.1, 0.15) is 6.10 Å². The molecule has 3 aliphatic rings. The Morgan fingerprint density at radius 1 is 1.12 bits per heavy atom. The highest BCUT2D eigenvalue weighted by Crippen LogP contribution is 2.53. The van der Waals surface area contributed by atoms with Gasteiger partial charge in [0.25, 0.3) is 0 Å². The molecule has 2 saturated carbocycles. The van der Waals surface area contributed by atoms with Crippen LogP contribution in [0.1, 0.15) is 43.9 Å². The second-order valence-corrected chi connectivity index (χ2v) is 9.94. The van der Waals surface area contributed by atoms with Gasteiger partial charge in [-0.3, -0.25) is 9.78 Å². The van der Waals surface area contributed by atoms with Crippen LogP contribution < -0.4 is 0 Å². The number of cyclic esters (lactones) is 1. The van der Waals surface area contributed by atoms with E-state index in [1.165, 1.54) is 6.07 Å². The highest BCUT2D eigenvalue weighted by molar-refractivity contribution is 5.75. The van der Waals surface area contributed by atoms with Gasteiger partial charge in [0.15, 0.2) is 0 Å². The number of pyridine rings is 1. The number of allylic oxidation sites excluding steroid dienone is 1. The molecule has 7 heteroatoms. The topological polar surface area (TPSA) is 59.4 Å². The maximum atomic E-state index is 13.0. The van der Waals surface area contributed by atoms with Crippen LogP contribution in [0.25, 0.3) is 17.2 Å². The maximum Gasteiger partial charge on any atom is 0.416 e. The molecule has 1 saturated heterocycles. The first-order valence-corrected chi connectivity index (χ1v) is 11.9. The molecule has 2 aromatic rings. The van der Waals surface area contributed by atoms with Crippen molar-refractivity contribution in [2.45, 2.75) is 51.0 Å². The van der Waals surface area contributed by atoms with Crippen LogP contribution in [0.5, 0.6) is 0 Å². The molecule has 1 N–H and O–H groups in total.